The van der Waals surface area contributed by atoms with Gasteiger partial charge in [-0.25, -0.2) is 18.1 Å². The van der Waals surface area contributed by atoms with Gasteiger partial charge >= 0.3 is 0 Å². The predicted octanol–water partition coefficient (Wildman–Crippen LogP) is -0.660. The number of nitrogens with zero attached hydrogens (tertiary/aromatic N) is 1. The number of nitrogens with one attached hydrogen (secondary N) is 1. The number of pyridine rings is 1. The Morgan fingerprint density at radius 2 is 2.33 bits per heavy atom. The monoisotopic (exact) mass is 275 g/mol. The van der Waals surface area contributed by atoms with Crippen molar-refractivity contribution in [3.05, 3.63) is 18.3 Å². The lowest BCUT2D eigenvalue weighted by Gasteiger charge is -2.17. The van der Waals surface area contributed by atoms with Crippen molar-refractivity contribution in [1.29, 1.82) is 0 Å². The third-order valence-corrected chi connectivity index (χ3v) is 3.82. The zero-order valence-corrected chi connectivity index (χ0v) is 10.9. The van der Waals surface area contributed by atoms with Crippen molar-refractivity contribution in [2.75, 3.05) is 26.1 Å². The molecule has 0 spiro atoms. The van der Waals surface area contributed by atoms with Gasteiger partial charge in [-0.2, -0.15) is 0 Å². The number of aliphatic hydroxyl groups is 1. The van der Waals surface area contributed by atoms with E-state index in [9.17, 15) is 8.42 Å². The van der Waals surface area contributed by atoms with E-state index in [1.807, 2.05) is 0 Å². The minimum Gasteiger partial charge on any atom is -0.396 e. The van der Waals surface area contributed by atoms with E-state index in [2.05, 4.69) is 9.71 Å². The molecule has 0 saturated carbocycles. The number of nitrogens with two attached hydrogens (primary N) is 1. The zero-order valence-electron chi connectivity index (χ0n) is 10.0. The first-order valence-corrected chi connectivity index (χ1v) is 6.82. The second-order valence-corrected chi connectivity index (χ2v) is 5.36. The summed E-state index contributed by atoms with van der Waals surface area (Å²) in [7, 11) is -2.31. The molecule has 1 rings (SSSR count). The summed E-state index contributed by atoms with van der Waals surface area (Å²) in [5.74, 6) is -0.0647. The number of ether oxygens (including phenoxy) is 1. The molecule has 1 heterocycles. The van der Waals surface area contributed by atoms with Gasteiger partial charge in [-0.15, -0.1) is 0 Å². The molecular formula is C10H17N3O4S. The van der Waals surface area contributed by atoms with E-state index in [0.29, 0.717) is 0 Å². The summed E-state index contributed by atoms with van der Waals surface area (Å²) in [4.78, 5) is 3.64. The van der Waals surface area contributed by atoms with E-state index in [4.69, 9.17) is 15.6 Å². The molecule has 18 heavy (non-hydrogen) atoms. The Morgan fingerprint density at radius 3 is 2.89 bits per heavy atom. The minimum absolute atomic E-state index is 0.0647. The molecule has 102 valence electrons. The highest BCUT2D eigenvalue weighted by Crippen LogP contribution is 2.15. The molecule has 4 N–H and O–H groups in total. The van der Waals surface area contributed by atoms with Gasteiger partial charge in [0.25, 0.3) is 0 Å². The number of sulfonamides is 1. The van der Waals surface area contributed by atoms with Crippen LogP contribution in [0.3, 0.4) is 0 Å². The number of nitrogen functional groups attached to an aromatic ring is 1. The van der Waals surface area contributed by atoms with Crippen LogP contribution in [0.2, 0.25) is 0 Å². The molecule has 0 fully saturated rings. The van der Waals surface area contributed by atoms with Crippen molar-refractivity contribution >= 4 is 15.8 Å². The fraction of sp³-hybridized carbons (Fsp3) is 0.500. The largest absolute Gasteiger partial charge is 0.396 e. The van der Waals surface area contributed by atoms with E-state index in [1.54, 1.807) is 0 Å². The zero-order chi connectivity index (χ0) is 13.6. The minimum atomic E-state index is -3.76. The molecule has 0 bridgehead atoms. The van der Waals surface area contributed by atoms with Crippen LogP contribution in [-0.2, 0) is 14.8 Å². The second-order valence-electron chi connectivity index (χ2n) is 3.67. The van der Waals surface area contributed by atoms with Gasteiger partial charge in [0.2, 0.25) is 10.0 Å². The highest BCUT2D eigenvalue weighted by atomic mass is 32.2. The molecule has 1 atom stereocenters. The Hall–Kier alpha value is -1.22. The van der Waals surface area contributed by atoms with E-state index in [-0.39, 0.29) is 30.3 Å². The van der Waals surface area contributed by atoms with Crippen LogP contribution in [-0.4, -0.2) is 44.9 Å². The molecule has 0 aliphatic carbocycles. The van der Waals surface area contributed by atoms with E-state index in [0.717, 1.165) is 0 Å². The number of methoxy groups -OCH3 is 1. The normalized spacial score (nSPS) is 13.4. The fourth-order valence-electron chi connectivity index (χ4n) is 1.45. The highest BCUT2D eigenvalue weighted by molar-refractivity contribution is 7.89. The molecule has 0 saturated heterocycles. The van der Waals surface area contributed by atoms with Crippen molar-refractivity contribution in [3.63, 3.8) is 0 Å². The standard InChI is InChI=1S/C10H17N3O4S/c1-17-7-8(4-6-14)13-18(15,16)9-3-2-5-12-10(9)11/h2-3,5,8,13-14H,4,6-7H2,1H3,(H2,11,12). The number of hydrogen-bond acceptors (Lipinski definition) is 6. The van der Waals surface area contributed by atoms with Crippen molar-refractivity contribution in [1.82, 2.24) is 9.71 Å². The van der Waals surface area contributed by atoms with Crippen molar-refractivity contribution in [3.8, 4) is 0 Å². The molecule has 1 aromatic heterocycles. The van der Waals surface area contributed by atoms with Gasteiger partial charge in [0, 0.05) is 26.0 Å². The Morgan fingerprint density at radius 1 is 1.61 bits per heavy atom. The molecule has 1 unspecified atom stereocenters. The van der Waals surface area contributed by atoms with Crippen LogP contribution in [0.4, 0.5) is 5.82 Å². The molecule has 8 heteroatoms. The maximum absolute atomic E-state index is 12.0. The molecule has 0 amide bonds. The lowest BCUT2D eigenvalue weighted by molar-refractivity contribution is 0.158. The number of rotatable bonds is 7. The van der Waals surface area contributed by atoms with Crippen LogP contribution >= 0.6 is 0 Å². The SMILES string of the molecule is COCC(CCO)NS(=O)(=O)c1cccnc1N. The first-order chi connectivity index (χ1) is 8.51. The average Bonchev–Trinajstić information content (AvgIpc) is 2.29. The maximum atomic E-state index is 12.0. The Bertz CT molecular complexity index is 472. The molecule has 0 aliphatic heterocycles. The summed E-state index contributed by atoms with van der Waals surface area (Å²) < 4.78 is 31.4. The number of aromatic nitrogens is 1. The average molecular weight is 275 g/mol. The molecule has 1 aromatic rings. The van der Waals surface area contributed by atoms with Crippen molar-refractivity contribution in [2.45, 2.75) is 17.4 Å². The number of aliphatic hydroxyl groups excluding tert-OH is 1. The lowest BCUT2D eigenvalue weighted by Crippen LogP contribution is -2.38. The van der Waals surface area contributed by atoms with Crippen LogP contribution in [0.5, 0.6) is 0 Å². The first kappa shape index (κ1) is 14.8. The molecule has 0 aromatic carbocycles. The topological polar surface area (TPSA) is 115 Å². The number of hydrogen-bond donors (Lipinski definition) is 3. The van der Waals surface area contributed by atoms with Gasteiger partial charge in [-0.05, 0) is 18.6 Å². The van der Waals surface area contributed by atoms with Gasteiger partial charge in [0.05, 0.1) is 6.61 Å². The first-order valence-electron chi connectivity index (χ1n) is 5.34. The Labute approximate surface area is 106 Å². The summed E-state index contributed by atoms with van der Waals surface area (Å²) in [5, 5.41) is 8.86. The number of anilines is 1. The highest BCUT2D eigenvalue weighted by Gasteiger charge is 2.22. The van der Waals surface area contributed by atoms with Gasteiger partial charge in [-0.1, -0.05) is 0 Å². The molecule has 7 nitrogen and oxygen atoms in total. The lowest BCUT2D eigenvalue weighted by atomic mass is 10.2. The van der Waals surface area contributed by atoms with Crippen molar-refractivity contribution < 1.29 is 18.3 Å². The Kier molecular flexibility index (Phi) is 5.48. The summed E-state index contributed by atoms with van der Waals surface area (Å²) >= 11 is 0. The van der Waals surface area contributed by atoms with Gasteiger partial charge in [0.15, 0.2) is 0 Å². The van der Waals surface area contributed by atoms with Crippen LogP contribution in [0.1, 0.15) is 6.42 Å². The maximum Gasteiger partial charge on any atom is 0.244 e. The summed E-state index contributed by atoms with van der Waals surface area (Å²) in [6.07, 6.45) is 1.67. The summed E-state index contributed by atoms with van der Waals surface area (Å²) in [6, 6.07) is 2.35. The van der Waals surface area contributed by atoms with E-state index >= 15 is 0 Å². The second kappa shape index (κ2) is 6.64. The summed E-state index contributed by atoms with van der Waals surface area (Å²) in [5.41, 5.74) is 5.52. The Balaban J connectivity index is 2.90. The quantitative estimate of drug-likeness (QED) is 0.608. The third kappa shape index (κ3) is 3.91. The van der Waals surface area contributed by atoms with Crippen LogP contribution in [0.25, 0.3) is 0 Å². The smallest absolute Gasteiger partial charge is 0.244 e. The van der Waals surface area contributed by atoms with Crippen LogP contribution in [0, 0.1) is 0 Å². The predicted molar refractivity (Wildman–Crippen MR) is 66.3 cm³/mol. The van der Waals surface area contributed by atoms with Gasteiger partial charge < -0.3 is 15.6 Å². The molecule has 0 aliphatic rings. The van der Waals surface area contributed by atoms with Crippen LogP contribution < -0.4 is 10.5 Å². The van der Waals surface area contributed by atoms with Crippen LogP contribution in [0.15, 0.2) is 23.2 Å². The fourth-order valence-corrected chi connectivity index (χ4v) is 2.78. The summed E-state index contributed by atoms with van der Waals surface area (Å²) in [6.45, 7) is 0.0268. The van der Waals surface area contributed by atoms with Gasteiger partial charge in [-0.3, -0.25) is 0 Å². The molecular weight excluding hydrogens is 258 g/mol. The third-order valence-electron chi connectivity index (χ3n) is 2.26. The van der Waals surface area contributed by atoms with E-state index < -0.39 is 16.1 Å². The van der Waals surface area contributed by atoms with E-state index in [1.165, 1.54) is 25.4 Å². The van der Waals surface area contributed by atoms with Crippen molar-refractivity contribution in [2.24, 2.45) is 0 Å². The molecule has 0 radical (unpaired) electrons. The van der Waals surface area contributed by atoms with Gasteiger partial charge in [0.1, 0.15) is 10.7 Å².